The van der Waals surface area contributed by atoms with Crippen molar-refractivity contribution in [3.05, 3.63) is 89.5 Å². The maximum atomic E-state index is 12.5. The molecule has 4 rings (SSSR count). The molecule has 0 saturated carbocycles. The van der Waals surface area contributed by atoms with Gasteiger partial charge in [0, 0.05) is 34.6 Å². The van der Waals surface area contributed by atoms with Crippen LogP contribution in [-0.4, -0.2) is 23.0 Å². The van der Waals surface area contributed by atoms with Crippen LogP contribution in [0.1, 0.15) is 28.4 Å². The molecule has 31 heavy (non-hydrogen) atoms. The second kappa shape index (κ2) is 8.67. The number of amides is 2. The van der Waals surface area contributed by atoms with Crippen LogP contribution < -0.4 is 10.7 Å². The van der Waals surface area contributed by atoms with Crippen molar-refractivity contribution in [1.29, 1.82) is 0 Å². The van der Waals surface area contributed by atoms with Gasteiger partial charge < -0.3 is 10.3 Å². The van der Waals surface area contributed by atoms with Crippen LogP contribution in [0.25, 0.3) is 22.2 Å². The molecule has 2 amide bonds. The average molecular weight is 410 g/mol. The van der Waals surface area contributed by atoms with E-state index in [4.69, 9.17) is 0 Å². The molecule has 0 unspecified atom stereocenters. The number of nitrogens with zero attached hydrogens (tertiary/aromatic N) is 1. The van der Waals surface area contributed by atoms with Crippen LogP contribution in [0.5, 0.6) is 0 Å². The molecule has 3 N–H and O–H groups in total. The van der Waals surface area contributed by atoms with Gasteiger partial charge in [0.2, 0.25) is 5.91 Å². The number of carbonyl (C=O) groups excluding carboxylic acids is 2. The van der Waals surface area contributed by atoms with E-state index in [-0.39, 0.29) is 11.8 Å². The van der Waals surface area contributed by atoms with Crippen LogP contribution in [0.15, 0.2) is 77.9 Å². The Morgan fingerprint density at radius 2 is 1.68 bits per heavy atom. The minimum Gasteiger partial charge on any atom is -0.354 e. The molecule has 3 aromatic carbocycles. The summed E-state index contributed by atoms with van der Waals surface area (Å²) in [5.74, 6) is -0.493. The highest BCUT2D eigenvalue weighted by Gasteiger charge is 2.13. The molecule has 0 fully saturated rings. The number of aromatic nitrogens is 1. The third-order valence-corrected chi connectivity index (χ3v) is 4.97. The van der Waals surface area contributed by atoms with Crippen LogP contribution in [0, 0.1) is 6.92 Å². The lowest BCUT2D eigenvalue weighted by molar-refractivity contribution is -0.114. The monoisotopic (exact) mass is 410 g/mol. The van der Waals surface area contributed by atoms with E-state index < -0.39 is 0 Å². The van der Waals surface area contributed by atoms with Gasteiger partial charge in [-0.1, -0.05) is 48.5 Å². The number of aryl methyl sites for hydroxylation is 1. The molecule has 0 atom stereocenters. The smallest absolute Gasteiger partial charge is 0.271 e. The molecule has 0 spiro atoms. The zero-order valence-corrected chi connectivity index (χ0v) is 17.3. The zero-order valence-electron chi connectivity index (χ0n) is 17.3. The quantitative estimate of drug-likeness (QED) is 0.324. The Bertz CT molecular complexity index is 1270. The van der Waals surface area contributed by atoms with E-state index in [1.165, 1.54) is 6.92 Å². The Labute approximate surface area is 180 Å². The number of H-pyrrole nitrogens is 1. The van der Waals surface area contributed by atoms with Crippen LogP contribution >= 0.6 is 0 Å². The van der Waals surface area contributed by atoms with Gasteiger partial charge in [-0.25, -0.2) is 5.43 Å². The second-order valence-electron chi connectivity index (χ2n) is 7.23. The van der Waals surface area contributed by atoms with Crippen molar-refractivity contribution in [3.8, 4) is 11.3 Å². The highest BCUT2D eigenvalue weighted by Crippen LogP contribution is 2.30. The highest BCUT2D eigenvalue weighted by atomic mass is 16.2. The first-order chi connectivity index (χ1) is 15.0. The summed E-state index contributed by atoms with van der Waals surface area (Å²) < 4.78 is 0. The predicted molar refractivity (Wildman–Crippen MR) is 124 cm³/mol. The fraction of sp³-hybridized carbons (Fsp3) is 0.0800. The molecule has 0 aliphatic heterocycles. The van der Waals surface area contributed by atoms with E-state index >= 15 is 0 Å². The van der Waals surface area contributed by atoms with Gasteiger partial charge in [-0.2, -0.15) is 5.10 Å². The molecule has 0 saturated heterocycles. The third kappa shape index (κ3) is 4.38. The highest BCUT2D eigenvalue weighted by molar-refractivity contribution is 6.07. The van der Waals surface area contributed by atoms with Crippen LogP contribution in [0.4, 0.5) is 5.69 Å². The number of benzene rings is 3. The van der Waals surface area contributed by atoms with Gasteiger partial charge in [0.05, 0.1) is 11.9 Å². The van der Waals surface area contributed by atoms with E-state index in [0.29, 0.717) is 11.3 Å². The van der Waals surface area contributed by atoms with Gasteiger partial charge in [-0.3, -0.25) is 9.59 Å². The van der Waals surface area contributed by atoms with Gasteiger partial charge >= 0.3 is 0 Å². The van der Waals surface area contributed by atoms with E-state index in [0.717, 1.165) is 33.3 Å². The van der Waals surface area contributed by atoms with Gasteiger partial charge in [0.15, 0.2) is 0 Å². The fourth-order valence-corrected chi connectivity index (χ4v) is 3.48. The zero-order chi connectivity index (χ0) is 21.8. The lowest BCUT2D eigenvalue weighted by Crippen LogP contribution is -2.17. The topological polar surface area (TPSA) is 86.3 Å². The number of hydrogen-bond donors (Lipinski definition) is 3. The summed E-state index contributed by atoms with van der Waals surface area (Å²) in [5, 5.41) is 7.92. The van der Waals surface area contributed by atoms with Crippen molar-refractivity contribution in [2.75, 3.05) is 5.32 Å². The summed E-state index contributed by atoms with van der Waals surface area (Å²) in [6, 6.07) is 22.7. The summed E-state index contributed by atoms with van der Waals surface area (Å²) in [6.07, 6.45) is 1.67. The number of hydrogen-bond acceptors (Lipinski definition) is 3. The molecule has 0 aliphatic carbocycles. The minimum atomic E-state index is -0.331. The Kier molecular flexibility index (Phi) is 5.62. The van der Waals surface area contributed by atoms with E-state index in [1.54, 1.807) is 30.5 Å². The molecule has 1 heterocycles. The van der Waals surface area contributed by atoms with E-state index in [2.05, 4.69) is 33.8 Å². The molecule has 0 aliphatic rings. The van der Waals surface area contributed by atoms with Crippen molar-refractivity contribution < 1.29 is 9.59 Å². The molecule has 1 aromatic heterocycles. The maximum absolute atomic E-state index is 12.5. The molecule has 6 heteroatoms. The SMILES string of the molecule is CC(=O)Nc1ccc(C(=O)N/N=C/c2c(-c3ccccc3)[nH]c3c(C)cccc23)cc1. The molecule has 154 valence electrons. The number of rotatable bonds is 5. The van der Waals surface area contributed by atoms with Crippen LogP contribution in [0.2, 0.25) is 0 Å². The van der Waals surface area contributed by atoms with Gasteiger partial charge in [0.25, 0.3) is 5.91 Å². The number of aromatic amines is 1. The average Bonchev–Trinajstić information content (AvgIpc) is 3.14. The van der Waals surface area contributed by atoms with Crippen LogP contribution in [0.3, 0.4) is 0 Å². The second-order valence-corrected chi connectivity index (χ2v) is 7.23. The Morgan fingerprint density at radius 1 is 0.935 bits per heavy atom. The summed E-state index contributed by atoms with van der Waals surface area (Å²) in [4.78, 5) is 27.1. The lowest BCUT2D eigenvalue weighted by Gasteiger charge is -2.04. The number of nitrogens with one attached hydrogen (secondary N) is 3. The fourth-order valence-electron chi connectivity index (χ4n) is 3.48. The largest absolute Gasteiger partial charge is 0.354 e. The molecule has 0 radical (unpaired) electrons. The molecule has 0 bridgehead atoms. The van der Waals surface area contributed by atoms with Gasteiger partial charge in [-0.15, -0.1) is 0 Å². The predicted octanol–water partition coefficient (Wildman–Crippen LogP) is 4.87. The molecular weight excluding hydrogens is 388 g/mol. The summed E-state index contributed by atoms with van der Waals surface area (Å²) in [6.45, 7) is 3.49. The Balaban J connectivity index is 1.60. The summed E-state index contributed by atoms with van der Waals surface area (Å²) >= 11 is 0. The minimum absolute atomic E-state index is 0.162. The number of hydrazone groups is 1. The van der Waals surface area contributed by atoms with Crippen molar-refractivity contribution in [1.82, 2.24) is 10.4 Å². The van der Waals surface area contributed by atoms with Crippen molar-refractivity contribution in [2.24, 2.45) is 5.10 Å². The first kappa shape index (κ1) is 20.1. The summed E-state index contributed by atoms with van der Waals surface area (Å²) in [7, 11) is 0. The Morgan fingerprint density at radius 3 is 2.39 bits per heavy atom. The lowest BCUT2D eigenvalue weighted by atomic mass is 10.1. The maximum Gasteiger partial charge on any atom is 0.271 e. The third-order valence-electron chi connectivity index (χ3n) is 4.97. The number of carbonyl (C=O) groups is 2. The van der Waals surface area contributed by atoms with E-state index in [1.807, 2.05) is 42.5 Å². The normalized spacial score (nSPS) is 11.0. The van der Waals surface area contributed by atoms with Crippen LogP contribution in [-0.2, 0) is 4.79 Å². The number of para-hydroxylation sites is 1. The summed E-state index contributed by atoms with van der Waals surface area (Å²) in [5.41, 5.74) is 8.74. The Hall–Kier alpha value is -4.19. The number of anilines is 1. The van der Waals surface area contributed by atoms with Crippen molar-refractivity contribution in [3.63, 3.8) is 0 Å². The number of fused-ring (bicyclic) bond motifs is 1. The van der Waals surface area contributed by atoms with Crippen molar-refractivity contribution in [2.45, 2.75) is 13.8 Å². The van der Waals surface area contributed by atoms with Crippen molar-refractivity contribution >= 4 is 34.6 Å². The first-order valence-electron chi connectivity index (χ1n) is 9.90. The van der Waals surface area contributed by atoms with Gasteiger partial charge in [0.1, 0.15) is 0 Å². The standard InChI is InChI=1S/C25H22N4O2/c1-16-7-6-10-21-22(24(28-23(16)21)18-8-4-3-5-9-18)15-26-29-25(31)19-11-13-20(14-12-19)27-17(2)30/h3-15,28H,1-2H3,(H,27,30)(H,29,31)/b26-15+. The van der Waals surface area contributed by atoms with Gasteiger partial charge in [-0.05, 0) is 42.3 Å². The molecular formula is C25H22N4O2. The molecule has 6 nitrogen and oxygen atoms in total. The van der Waals surface area contributed by atoms with E-state index in [9.17, 15) is 9.59 Å². The molecule has 4 aromatic rings. The first-order valence-corrected chi connectivity index (χ1v) is 9.90.